The zero-order valence-electron chi connectivity index (χ0n) is 16.9. The molecule has 0 fully saturated rings. The molecule has 0 aliphatic carbocycles. The van der Waals surface area contributed by atoms with Crippen LogP contribution in [0.1, 0.15) is 6.92 Å². The SMILES string of the molecule is CCn1c(=O)n(C[C@H](O)COc2ccc(F)cc2)c2cc(S(=O)(=O)N(C)C)ccc21. The van der Waals surface area contributed by atoms with Crippen molar-refractivity contribution in [3.63, 3.8) is 0 Å². The average Bonchev–Trinajstić information content (AvgIpc) is 2.97. The van der Waals surface area contributed by atoms with Gasteiger partial charge < -0.3 is 9.84 Å². The molecule has 1 atom stereocenters. The molecule has 0 aliphatic rings. The number of nitrogens with zero attached hydrogens (tertiary/aromatic N) is 3. The number of sulfonamides is 1. The summed E-state index contributed by atoms with van der Waals surface area (Å²) in [6.07, 6.45) is -1.04. The summed E-state index contributed by atoms with van der Waals surface area (Å²) in [6.45, 7) is 2.00. The van der Waals surface area contributed by atoms with Crippen molar-refractivity contribution in [3.05, 3.63) is 58.8 Å². The van der Waals surface area contributed by atoms with E-state index in [9.17, 15) is 22.7 Å². The van der Waals surface area contributed by atoms with E-state index >= 15 is 0 Å². The molecule has 1 aromatic heterocycles. The maximum atomic E-state index is 13.0. The molecule has 162 valence electrons. The lowest BCUT2D eigenvalue weighted by molar-refractivity contribution is 0.0924. The lowest BCUT2D eigenvalue weighted by Gasteiger charge is -2.14. The Balaban J connectivity index is 1.92. The Morgan fingerprint density at radius 2 is 1.77 bits per heavy atom. The van der Waals surface area contributed by atoms with Crippen LogP contribution in [-0.2, 0) is 23.1 Å². The van der Waals surface area contributed by atoms with Gasteiger partial charge in [-0.05, 0) is 49.4 Å². The number of hydrogen-bond donors (Lipinski definition) is 1. The molecular weight excluding hydrogens is 413 g/mol. The van der Waals surface area contributed by atoms with Gasteiger partial charge in [0.15, 0.2) is 0 Å². The highest BCUT2D eigenvalue weighted by molar-refractivity contribution is 7.89. The van der Waals surface area contributed by atoms with E-state index < -0.39 is 21.9 Å². The van der Waals surface area contributed by atoms with E-state index in [0.717, 1.165) is 4.31 Å². The molecule has 0 saturated heterocycles. The van der Waals surface area contributed by atoms with Crippen LogP contribution in [0.5, 0.6) is 5.75 Å². The smallest absolute Gasteiger partial charge is 0.329 e. The maximum Gasteiger partial charge on any atom is 0.329 e. The fourth-order valence-electron chi connectivity index (χ4n) is 3.14. The van der Waals surface area contributed by atoms with Gasteiger partial charge in [0.25, 0.3) is 0 Å². The second-order valence-corrected chi connectivity index (χ2v) is 9.15. The molecule has 0 amide bonds. The number of halogens is 1. The summed E-state index contributed by atoms with van der Waals surface area (Å²) >= 11 is 0. The van der Waals surface area contributed by atoms with Crippen LogP contribution < -0.4 is 10.4 Å². The molecule has 0 bridgehead atoms. The Morgan fingerprint density at radius 3 is 2.37 bits per heavy atom. The summed E-state index contributed by atoms with van der Waals surface area (Å²) in [7, 11) is -0.821. The number of rotatable bonds is 8. The summed E-state index contributed by atoms with van der Waals surface area (Å²) in [4.78, 5) is 12.9. The number of aromatic nitrogens is 2. The minimum absolute atomic E-state index is 0.0547. The van der Waals surface area contributed by atoms with E-state index in [2.05, 4.69) is 0 Å². The van der Waals surface area contributed by atoms with Gasteiger partial charge in [-0.1, -0.05) is 0 Å². The quantitative estimate of drug-likeness (QED) is 0.578. The Morgan fingerprint density at radius 1 is 1.10 bits per heavy atom. The standard InChI is InChI=1S/C20H24FN3O5S/c1-4-23-18-10-9-17(30(27,28)22(2)3)11-19(18)24(20(23)26)12-15(25)13-29-16-7-5-14(21)6-8-16/h5-11,15,25H,4,12-13H2,1-3H3/t15-/m0/s1. The summed E-state index contributed by atoms with van der Waals surface area (Å²) < 4.78 is 47.3. The van der Waals surface area contributed by atoms with E-state index in [1.807, 2.05) is 6.92 Å². The predicted octanol–water partition coefficient (Wildman–Crippen LogP) is 1.65. The third kappa shape index (κ3) is 4.25. The second-order valence-electron chi connectivity index (χ2n) is 6.99. The van der Waals surface area contributed by atoms with Crippen molar-refractivity contribution in [2.24, 2.45) is 0 Å². The molecule has 30 heavy (non-hydrogen) atoms. The molecule has 0 unspecified atom stereocenters. The highest BCUT2D eigenvalue weighted by atomic mass is 32.2. The number of aryl methyl sites for hydroxylation is 1. The lowest BCUT2D eigenvalue weighted by atomic mass is 10.3. The zero-order chi connectivity index (χ0) is 22.1. The van der Waals surface area contributed by atoms with Crippen LogP contribution >= 0.6 is 0 Å². The Labute approximate surface area is 173 Å². The number of hydrogen-bond acceptors (Lipinski definition) is 5. The van der Waals surface area contributed by atoms with Gasteiger partial charge in [0.05, 0.1) is 22.5 Å². The molecule has 3 aromatic rings. The van der Waals surface area contributed by atoms with Crippen molar-refractivity contribution in [3.8, 4) is 5.75 Å². The first-order chi connectivity index (χ1) is 14.1. The third-order valence-electron chi connectivity index (χ3n) is 4.73. The average molecular weight is 437 g/mol. The zero-order valence-corrected chi connectivity index (χ0v) is 17.8. The highest BCUT2D eigenvalue weighted by Gasteiger charge is 2.21. The molecular formula is C20H24FN3O5S. The predicted molar refractivity (Wildman–Crippen MR) is 111 cm³/mol. The van der Waals surface area contributed by atoms with Crippen molar-refractivity contribution in [2.45, 2.75) is 31.0 Å². The summed E-state index contributed by atoms with van der Waals surface area (Å²) in [5.74, 6) is -0.0107. The van der Waals surface area contributed by atoms with Crippen LogP contribution in [0.4, 0.5) is 4.39 Å². The first-order valence-corrected chi connectivity index (χ1v) is 10.8. The molecule has 1 heterocycles. The number of imidazole rings is 1. The molecule has 3 rings (SSSR count). The molecule has 1 N–H and O–H groups in total. The van der Waals surface area contributed by atoms with E-state index in [-0.39, 0.29) is 23.7 Å². The van der Waals surface area contributed by atoms with Crippen molar-refractivity contribution in [1.82, 2.24) is 13.4 Å². The Hall–Kier alpha value is -2.69. The second kappa shape index (κ2) is 8.58. The number of benzene rings is 2. The fraction of sp³-hybridized carbons (Fsp3) is 0.350. The monoisotopic (exact) mass is 437 g/mol. The molecule has 0 spiro atoms. The van der Waals surface area contributed by atoms with Crippen LogP contribution in [0, 0.1) is 5.82 Å². The normalized spacial score (nSPS) is 13.1. The van der Waals surface area contributed by atoms with Crippen molar-refractivity contribution in [2.75, 3.05) is 20.7 Å². The maximum absolute atomic E-state index is 13.0. The molecule has 8 nitrogen and oxygen atoms in total. The van der Waals surface area contributed by atoms with Crippen molar-refractivity contribution < 1.29 is 22.7 Å². The van der Waals surface area contributed by atoms with Crippen LogP contribution in [0.25, 0.3) is 11.0 Å². The summed E-state index contributed by atoms with van der Waals surface area (Å²) in [5, 5.41) is 10.4. The van der Waals surface area contributed by atoms with E-state index in [1.165, 1.54) is 59.6 Å². The van der Waals surface area contributed by atoms with E-state index in [4.69, 9.17) is 4.74 Å². The van der Waals surface area contributed by atoms with Crippen LogP contribution in [0.15, 0.2) is 52.2 Å². The summed E-state index contributed by atoms with van der Waals surface area (Å²) in [5.41, 5.74) is 0.630. The van der Waals surface area contributed by atoms with Crippen LogP contribution in [-0.4, -0.2) is 53.8 Å². The van der Waals surface area contributed by atoms with Gasteiger partial charge in [0.1, 0.15) is 24.3 Å². The first kappa shape index (κ1) is 22.0. The summed E-state index contributed by atoms with van der Waals surface area (Å²) in [6, 6.07) is 9.86. The van der Waals surface area contributed by atoms with Gasteiger partial charge in [-0.3, -0.25) is 9.13 Å². The van der Waals surface area contributed by atoms with Gasteiger partial charge in [-0.25, -0.2) is 21.9 Å². The topological polar surface area (TPSA) is 93.8 Å². The molecule has 0 saturated carbocycles. The van der Waals surface area contributed by atoms with Crippen molar-refractivity contribution in [1.29, 1.82) is 0 Å². The molecule has 2 aromatic carbocycles. The first-order valence-electron chi connectivity index (χ1n) is 9.37. The minimum atomic E-state index is -3.68. The Kier molecular flexibility index (Phi) is 6.30. The number of aliphatic hydroxyl groups excluding tert-OH is 1. The van der Waals surface area contributed by atoms with Crippen molar-refractivity contribution >= 4 is 21.1 Å². The van der Waals surface area contributed by atoms with Crippen LogP contribution in [0.3, 0.4) is 0 Å². The lowest BCUT2D eigenvalue weighted by Crippen LogP contribution is -2.31. The third-order valence-corrected chi connectivity index (χ3v) is 6.55. The highest BCUT2D eigenvalue weighted by Crippen LogP contribution is 2.21. The van der Waals surface area contributed by atoms with Crippen LogP contribution in [0.2, 0.25) is 0 Å². The van der Waals surface area contributed by atoms with Gasteiger partial charge in [0.2, 0.25) is 10.0 Å². The van der Waals surface area contributed by atoms with Gasteiger partial charge in [-0.15, -0.1) is 0 Å². The molecule has 0 aliphatic heterocycles. The van der Waals surface area contributed by atoms with Gasteiger partial charge >= 0.3 is 5.69 Å². The van der Waals surface area contributed by atoms with E-state index in [1.54, 1.807) is 6.07 Å². The largest absolute Gasteiger partial charge is 0.491 e. The number of aliphatic hydroxyl groups is 1. The number of fused-ring (bicyclic) bond motifs is 1. The number of ether oxygens (including phenoxy) is 1. The van der Waals surface area contributed by atoms with E-state index in [0.29, 0.717) is 23.3 Å². The molecule has 0 radical (unpaired) electrons. The molecule has 10 heteroatoms. The minimum Gasteiger partial charge on any atom is -0.491 e. The fourth-order valence-corrected chi connectivity index (χ4v) is 4.06. The van der Waals surface area contributed by atoms with Gasteiger partial charge in [0, 0.05) is 20.6 Å². The van der Waals surface area contributed by atoms with Gasteiger partial charge in [-0.2, -0.15) is 0 Å². The Bertz CT molecular complexity index is 1200.